The van der Waals surface area contributed by atoms with Crippen LogP contribution in [0.3, 0.4) is 0 Å². The molecule has 2 aromatic rings. The van der Waals surface area contributed by atoms with E-state index in [0.29, 0.717) is 22.6 Å². The summed E-state index contributed by atoms with van der Waals surface area (Å²) < 4.78 is 14.1. The molecule has 0 aliphatic rings. The van der Waals surface area contributed by atoms with Crippen molar-refractivity contribution in [3.05, 3.63) is 86.9 Å². The minimum absolute atomic E-state index is 0.00634. The molecule has 1 N–H and O–H groups in total. The Morgan fingerprint density at radius 3 is 2.44 bits per heavy atom. The Hall–Kier alpha value is -1.77. The predicted molar refractivity (Wildman–Crippen MR) is 105 cm³/mol. The predicted octanol–water partition coefficient (Wildman–Crippen LogP) is 7.50. The molecule has 2 aromatic carbocycles. The highest BCUT2D eigenvalue weighted by atomic mass is 35.5. The number of aryl methyl sites for hydroxylation is 1. The maximum atomic E-state index is 14.1. The van der Waals surface area contributed by atoms with Crippen molar-refractivity contribution in [1.82, 2.24) is 0 Å². The minimum Gasteiger partial charge on any atom is -0.508 e. The second-order valence-corrected chi connectivity index (χ2v) is 6.84. The van der Waals surface area contributed by atoms with Gasteiger partial charge >= 0.3 is 0 Å². The Kier molecular flexibility index (Phi) is 6.69. The monoisotopic (exact) mass is 378 g/mol. The molecule has 0 amide bonds. The van der Waals surface area contributed by atoms with Crippen molar-refractivity contribution >= 4 is 28.8 Å². The number of unbranched alkanes of at least 4 members (excludes halogenated alkanes) is 1. The number of aliphatic hydroxyl groups excluding tert-OH is 1. The van der Waals surface area contributed by atoms with Gasteiger partial charge in [-0.1, -0.05) is 55.3 Å². The first kappa shape index (κ1) is 19.6. The van der Waals surface area contributed by atoms with E-state index < -0.39 is 5.82 Å². The highest BCUT2D eigenvalue weighted by Gasteiger charge is 2.17. The highest BCUT2D eigenvalue weighted by Crippen LogP contribution is 2.35. The van der Waals surface area contributed by atoms with E-state index in [1.807, 2.05) is 19.1 Å². The molecule has 25 heavy (non-hydrogen) atoms. The fourth-order valence-corrected chi connectivity index (χ4v) is 3.16. The van der Waals surface area contributed by atoms with E-state index in [-0.39, 0.29) is 10.8 Å². The lowest BCUT2D eigenvalue weighted by molar-refractivity contribution is 0.421. The number of benzene rings is 2. The summed E-state index contributed by atoms with van der Waals surface area (Å²) in [6.45, 7) is 7.73. The molecule has 0 bridgehead atoms. The van der Waals surface area contributed by atoms with Crippen LogP contribution in [0.25, 0.3) is 5.57 Å². The van der Waals surface area contributed by atoms with Gasteiger partial charge in [-0.25, -0.2) is 4.39 Å². The van der Waals surface area contributed by atoms with Gasteiger partial charge in [-0.2, -0.15) is 0 Å². The molecule has 132 valence electrons. The van der Waals surface area contributed by atoms with Crippen LogP contribution in [0.5, 0.6) is 0 Å². The summed E-state index contributed by atoms with van der Waals surface area (Å²) in [5.41, 5.74) is 3.92. The first-order valence-electron chi connectivity index (χ1n) is 8.18. The average Bonchev–Trinajstić information content (AvgIpc) is 2.55. The summed E-state index contributed by atoms with van der Waals surface area (Å²) in [6, 6.07) is 10.2. The normalized spacial score (nSPS) is 12.0. The standard InChI is InChI=1S/C21H21Cl2FO/c1-4-5-6-18(14(3)25)21(15-7-10-19(23)20(24)12-15)17-9-8-16(22)11-13(17)2/h7-12,25H,3-6H2,1-2H3/b21-18+. The van der Waals surface area contributed by atoms with Gasteiger partial charge in [0.05, 0.1) is 5.02 Å². The molecule has 0 fully saturated rings. The molecular weight excluding hydrogens is 358 g/mol. The van der Waals surface area contributed by atoms with Crippen molar-refractivity contribution < 1.29 is 9.50 Å². The third-order valence-corrected chi connectivity index (χ3v) is 4.64. The molecule has 0 atom stereocenters. The third kappa shape index (κ3) is 4.65. The Morgan fingerprint density at radius 1 is 1.16 bits per heavy atom. The Balaban J connectivity index is 2.77. The summed E-state index contributed by atoms with van der Waals surface area (Å²) >= 11 is 11.9. The lowest BCUT2D eigenvalue weighted by Gasteiger charge is -2.18. The van der Waals surface area contributed by atoms with Crippen molar-refractivity contribution in [3.63, 3.8) is 0 Å². The van der Waals surface area contributed by atoms with Crippen LogP contribution >= 0.6 is 23.2 Å². The molecule has 0 aliphatic heterocycles. The SMILES string of the molecule is C=C(O)/C(CCCC)=C(\c1ccc(Cl)c(F)c1)c1ccc(Cl)cc1C. The van der Waals surface area contributed by atoms with E-state index in [0.717, 1.165) is 29.5 Å². The zero-order valence-corrected chi connectivity index (χ0v) is 15.9. The van der Waals surface area contributed by atoms with Crippen LogP contribution in [0.4, 0.5) is 4.39 Å². The molecule has 0 saturated carbocycles. The highest BCUT2D eigenvalue weighted by molar-refractivity contribution is 6.31. The van der Waals surface area contributed by atoms with Gasteiger partial charge in [0.1, 0.15) is 11.6 Å². The first-order chi connectivity index (χ1) is 11.8. The number of allylic oxidation sites excluding steroid dienone is 1. The molecule has 4 heteroatoms. The van der Waals surface area contributed by atoms with E-state index >= 15 is 0 Å². The second-order valence-electron chi connectivity index (χ2n) is 5.99. The summed E-state index contributed by atoms with van der Waals surface area (Å²) in [6.07, 6.45) is 2.51. The van der Waals surface area contributed by atoms with Crippen LogP contribution in [-0.4, -0.2) is 5.11 Å². The summed E-state index contributed by atoms with van der Waals surface area (Å²) in [5.74, 6) is -0.505. The average molecular weight is 379 g/mol. The maximum Gasteiger partial charge on any atom is 0.142 e. The van der Waals surface area contributed by atoms with Gasteiger partial charge in [-0.05, 0) is 66.3 Å². The molecule has 0 aliphatic carbocycles. The van der Waals surface area contributed by atoms with Crippen molar-refractivity contribution in [2.75, 3.05) is 0 Å². The van der Waals surface area contributed by atoms with Crippen LogP contribution in [0.1, 0.15) is 42.9 Å². The fraction of sp³-hybridized carbons (Fsp3) is 0.238. The van der Waals surface area contributed by atoms with Crippen molar-refractivity contribution in [1.29, 1.82) is 0 Å². The van der Waals surface area contributed by atoms with Crippen LogP contribution in [-0.2, 0) is 0 Å². The molecule has 0 radical (unpaired) electrons. The van der Waals surface area contributed by atoms with Gasteiger partial charge in [-0.15, -0.1) is 0 Å². The molecule has 0 saturated heterocycles. The molecular formula is C21H21Cl2FO. The fourth-order valence-electron chi connectivity index (χ4n) is 2.82. The van der Waals surface area contributed by atoms with Gasteiger partial charge in [0, 0.05) is 10.6 Å². The topological polar surface area (TPSA) is 20.2 Å². The van der Waals surface area contributed by atoms with Gasteiger partial charge in [-0.3, -0.25) is 0 Å². The maximum absolute atomic E-state index is 14.1. The van der Waals surface area contributed by atoms with Gasteiger partial charge < -0.3 is 5.11 Å². The number of rotatable bonds is 6. The van der Waals surface area contributed by atoms with E-state index in [1.54, 1.807) is 12.1 Å². The largest absolute Gasteiger partial charge is 0.508 e. The lowest BCUT2D eigenvalue weighted by Crippen LogP contribution is -2.00. The van der Waals surface area contributed by atoms with E-state index in [2.05, 4.69) is 13.5 Å². The van der Waals surface area contributed by atoms with Gasteiger partial charge in [0.15, 0.2) is 0 Å². The van der Waals surface area contributed by atoms with Gasteiger partial charge in [0.25, 0.3) is 0 Å². The Morgan fingerprint density at radius 2 is 1.88 bits per heavy atom. The molecule has 0 unspecified atom stereocenters. The zero-order chi connectivity index (χ0) is 18.6. The molecule has 0 heterocycles. The number of halogens is 3. The van der Waals surface area contributed by atoms with Crippen molar-refractivity contribution in [2.24, 2.45) is 0 Å². The number of hydrogen-bond acceptors (Lipinski definition) is 1. The lowest BCUT2D eigenvalue weighted by atomic mass is 9.87. The Bertz CT molecular complexity index is 825. The Labute approximate surface area is 158 Å². The minimum atomic E-state index is -0.498. The third-order valence-electron chi connectivity index (χ3n) is 4.10. The van der Waals surface area contributed by atoms with Crippen molar-refractivity contribution in [3.8, 4) is 0 Å². The van der Waals surface area contributed by atoms with Crippen LogP contribution in [0.2, 0.25) is 10.0 Å². The van der Waals surface area contributed by atoms with Crippen molar-refractivity contribution in [2.45, 2.75) is 33.1 Å². The molecule has 0 spiro atoms. The summed E-state index contributed by atoms with van der Waals surface area (Å²) in [7, 11) is 0. The number of aliphatic hydroxyl groups is 1. The van der Waals surface area contributed by atoms with E-state index in [4.69, 9.17) is 23.2 Å². The van der Waals surface area contributed by atoms with Gasteiger partial charge in [0.2, 0.25) is 0 Å². The summed E-state index contributed by atoms with van der Waals surface area (Å²) in [4.78, 5) is 0. The number of hydrogen-bond donors (Lipinski definition) is 1. The second kappa shape index (κ2) is 8.55. The summed E-state index contributed by atoms with van der Waals surface area (Å²) in [5, 5.41) is 10.9. The quantitative estimate of drug-likeness (QED) is 0.407. The molecule has 1 nitrogen and oxygen atoms in total. The van der Waals surface area contributed by atoms with Crippen LogP contribution in [0, 0.1) is 12.7 Å². The van der Waals surface area contributed by atoms with E-state index in [1.165, 1.54) is 12.1 Å². The smallest absolute Gasteiger partial charge is 0.142 e. The molecule has 2 rings (SSSR count). The molecule has 0 aromatic heterocycles. The van der Waals surface area contributed by atoms with Crippen LogP contribution < -0.4 is 0 Å². The first-order valence-corrected chi connectivity index (χ1v) is 8.94. The van der Waals surface area contributed by atoms with E-state index in [9.17, 15) is 9.50 Å². The van der Waals surface area contributed by atoms with Crippen LogP contribution in [0.15, 0.2) is 54.3 Å². The zero-order valence-electron chi connectivity index (χ0n) is 14.4.